The quantitative estimate of drug-likeness (QED) is 0.554. The lowest BCUT2D eigenvalue weighted by Crippen LogP contribution is -2.12. The Morgan fingerprint density at radius 3 is 2.50 bits per heavy atom. The van der Waals surface area contributed by atoms with E-state index in [9.17, 15) is 8.42 Å². The minimum Gasteiger partial charge on any atom is -0.255 e. The average molecular weight is 375 g/mol. The maximum atomic E-state index is 12.5. The highest BCUT2D eigenvalue weighted by molar-refractivity contribution is 7.93. The third kappa shape index (κ3) is 2.73. The van der Waals surface area contributed by atoms with Crippen molar-refractivity contribution in [3.8, 4) is 0 Å². The molecule has 0 saturated carbocycles. The van der Waals surface area contributed by atoms with Gasteiger partial charge in [-0.3, -0.25) is 4.72 Å². The Labute approximate surface area is 147 Å². The molecule has 0 aliphatic heterocycles. The third-order valence-electron chi connectivity index (χ3n) is 3.63. The molecule has 0 aliphatic rings. The number of nitrogens with zero attached hydrogens (tertiary/aromatic N) is 1. The lowest BCUT2D eigenvalue weighted by molar-refractivity contribution is 0.601. The summed E-state index contributed by atoms with van der Waals surface area (Å²) in [6.07, 6.45) is 0. The topological polar surface area (TPSA) is 59.1 Å². The first kappa shape index (κ1) is 15.4. The Morgan fingerprint density at radius 1 is 0.958 bits per heavy atom. The maximum absolute atomic E-state index is 12.5. The van der Waals surface area contributed by atoms with Gasteiger partial charge in [0, 0.05) is 10.4 Å². The van der Waals surface area contributed by atoms with Crippen LogP contribution in [0.15, 0.2) is 65.6 Å². The van der Waals surface area contributed by atoms with Crippen LogP contribution < -0.4 is 4.72 Å². The van der Waals surface area contributed by atoms with Gasteiger partial charge in [-0.25, -0.2) is 13.4 Å². The molecule has 1 N–H and O–H groups in total. The van der Waals surface area contributed by atoms with E-state index in [-0.39, 0.29) is 4.90 Å². The molecule has 4 rings (SSSR count). The Bertz CT molecular complexity index is 1150. The number of aromatic nitrogens is 1. The van der Waals surface area contributed by atoms with E-state index in [1.165, 1.54) is 23.5 Å². The van der Waals surface area contributed by atoms with E-state index < -0.39 is 10.0 Å². The molecule has 0 saturated heterocycles. The summed E-state index contributed by atoms with van der Waals surface area (Å²) in [7, 11) is -3.69. The molecule has 0 aliphatic carbocycles. The molecule has 7 heteroatoms. The number of anilines is 1. The average Bonchev–Trinajstić information content (AvgIpc) is 2.97. The van der Waals surface area contributed by atoms with Crippen molar-refractivity contribution in [1.29, 1.82) is 0 Å². The van der Waals surface area contributed by atoms with Crippen LogP contribution in [0.1, 0.15) is 0 Å². The van der Waals surface area contributed by atoms with Gasteiger partial charge in [-0.2, -0.15) is 0 Å². The molecule has 4 aromatic rings. The van der Waals surface area contributed by atoms with Crippen molar-refractivity contribution in [2.24, 2.45) is 0 Å². The van der Waals surface area contributed by atoms with E-state index in [0.29, 0.717) is 10.2 Å². The first-order valence-electron chi connectivity index (χ1n) is 7.10. The van der Waals surface area contributed by atoms with E-state index >= 15 is 0 Å². The maximum Gasteiger partial charge on any atom is 0.263 e. The SMILES string of the molecule is O=S(=O)(Nc1nc2c(ccc3ccccc32)s1)c1ccc(Cl)cc1. The molecule has 120 valence electrons. The van der Waals surface area contributed by atoms with Crippen LogP contribution in [0.5, 0.6) is 0 Å². The van der Waals surface area contributed by atoms with Gasteiger partial charge in [0.1, 0.15) is 0 Å². The number of hydrogen-bond acceptors (Lipinski definition) is 4. The summed E-state index contributed by atoms with van der Waals surface area (Å²) in [5, 5.41) is 2.90. The Balaban J connectivity index is 1.77. The van der Waals surface area contributed by atoms with Crippen molar-refractivity contribution in [3.05, 3.63) is 65.7 Å². The number of hydrogen-bond donors (Lipinski definition) is 1. The zero-order valence-corrected chi connectivity index (χ0v) is 14.6. The van der Waals surface area contributed by atoms with E-state index in [2.05, 4.69) is 9.71 Å². The Morgan fingerprint density at radius 2 is 1.71 bits per heavy atom. The van der Waals surface area contributed by atoms with Gasteiger partial charge in [-0.1, -0.05) is 53.3 Å². The third-order valence-corrected chi connectivity index (χ3v) is 6.30. The highest BCUT2D eigenvalue weighted by Crippen LogP contribution is 2.32. The van der Waals surface area contributed by atoms with Gasteiger partial charge in [-0.05, 0) is 35.7 Å². The number of benzene rings is 3. The second kappa shape index (κ2) is 5.73. The number of rotatable bonds is 3. The summed E-state index contributed by atoms with van der Waals surface area (Å²) in [4.78, 5) is 4.62. The summed E-state index contributed by atoms with van der Waals surface area (Å²) in [6, 6.07) is 17.9. The van der Waals surface area contributed by atoms with Gasteiger partial charge in [0.05, 0.1) is 15.1 Å². The smallest absolute Gasteiger partial charge is 0.255 e. The van der Waals surface area contributed by atoms with Crippen LogP contribution in [0.3, 0.4) is 0 Å². The molecule has 24 heavy (non-hydrogen) atoms. The zero-order chi connectivity index (χ0) is 16.7. The van der Waals surface area contributed by atoms with Gasteiger partial charge < -0.3 is 0 Å². The summed E-state index contributed by atoms with van der Waals surface area (Å²) in [6.45, 7) is 0. The number of fused-ring (bicyclic) bond motifs is 3. The molecule has 1 aromatic heterocycles. The molecule has 1 heterocycles. The standard InChI is InChI=1S/C17H11ClN2O2S2/c18-12-6-8-13(9-7-12)24(21,22)20-17-19-16-14-4-2-1-3-11(14)5-10-15(16)23-17/h1-10H,(H,19,20). The molecule has 0 atom stereocenters. The number of halogens is 1. The van der Waals surface area contributed by atoms with Crippen molar-refractivity contribution in [2.45, 2.75) is 4.90 Å². The minimum atomic E-state index is -3.69. The molecule has 0 bridgehead atoms. The van der Waals surface area contributed by atoms with Crippen LogP contribution in [0, 0.1) is 0 Å². The predicted octanol–water partition coefficient (Wildman–Crippen LogP) is 4.90. The van der Waals surface area contributed by atoms with Crippen LogP contribution in [-0.4, -0.2) is 13.4 Å². The van der Waals surface area contributed by atoms with Crippen molar-refractivity contribution in [3.63, 3.8) is 0 Å². The summed E-state index contributed by atoms with van der Waals surface area (Å²) in [5.41, 5.74) is 0.798. The first-order chi connectivity index (χ1) is 11.5. The van der Waals surface area contributed by atoms with Crippen molar-refractivity contribution < 1.29 is 8.42 Å². The minimum absolute atomic E-state index is 0.149. The lowest BCUT2D eigenvalue weighted by Gasteiger charge is -2.04. The predicted molar refractivity (Wildman–Crippen MR) is 99.4 cm³/mol. The number of sulfonamides is 1. The van der Waals surface area contributed by atoms with Gasteiger partial charge in [0.2, 0.25) is 0 Å². The summed E-state index contributed by atoms with van der Waals surface area (Å²) < 4.78 is 28.4. The summed E-state index contributed by atoms with van der Waals surface area (Å²) >= 11 is 7.11. The molecular formula is C17H11ClN2O2S2. The van der Waals surface area contributed by atoms with Gasteiger partial charge in [0.25, 0.3) is 10.0 Å². The number of thiazole rings is 1. The molecule has 0 amide bonds. The van der Waals surface area contributed by atoms with Crippen LogP contribution in [0.4, 0.5) is 5.13 Å². The monoisotopic (exact) mass is 374 g/mol. The fourth-order valence-corrected chi connectivity index (χ4v) is 4.74. The highest BCUT2D eigenvalue weighted by atomic mass is 35.5. The van der Waals surface area contributed by atoms with Gasteiger partial charge in [0.15, 0.2) is 5.13 Å². The largest absolute Gasteiger partial charge is 0.263 e. The van der Waals surface area contributed by atoms with Crippen LogP contribution in [0.2, 0.25) is 5.02 Å². The van der Waals surface area contributed by atoms with Crippen molar-refractivity contribution >= 4 is 59.1 Å². The van der Waals surface area contributed by atoms with Crippen molar-refractivity contribution in [1.82, 2.24) is 4.98 Å². The molecule has 4 nitrogen and oxygen atoms in total. The van der Waals surface area contributed by atoms with Gasteiger partial charge >= 0.3 is 0 Å². The molecular weight excluding hydrogens is 364 g/mol. The molecule has 0 fully saturated rings. The van der Waals surface area contributed by atoms with Crippen LogP contribution >= 0.6 is 22.9 Å². The second-order valence-electron chi connectivity index (χ2n) is 5.21. The fourth-order valence-electron chi connectivity index (χ4n) is 2.49. The van der Waals surface area contributed by atoms with Crippen LogP contribution in [0.25, 0.3) is 21.0 Å². The molecule has 3 aromatic carbocycles. The zero-order valence-electron chi connectivity index (χ0n) is 12.2. The van der Waals surface area contributed by atoms with Crippen LogP contribution in [-0.2, 0) is 10.0 Å². The van der Waals surface area contributed by atoms with E-state index in [4.69, 9.17) is 11.6 Å². The normalized spacial score (nSPS) is 11.9. The summed E-state index contributed by atoms with van der Waals surface area (Å²) in [5.74, 6) is 0. The van der Waals surface area contributed by atoms with E-state index in [0.717, 1.165) is 21.0 Å². The molecule has 0 radical (unpaired) electrons. The van der Waals surface area contributed by atoms with Gasteiger partial charge in [-0.15, -0.1) is 0 Å². The fraction of sp³-hybridized carbons (Fsp3) is 0. The van der Waals surface area contributed by atoms with Crippen molar-refractivity contribution in [2.75, 3.05) is 4.72 Å². The number of nitrogens with one attached hydrogen (secondary N) is 1. The second-order valence-corrected chi connectivity index (χ2v) is 8.36. The van der Waals surface area contributed by atoms with E-state index in [1.807, 2.05) is 36.4 Å². The molecule has 0 unspecified atom stereocenters. The Hall–Kier alpha value is -2.15. The lowest BCUT2D eigenvalue weighted by atomic mass is 10.1. The molecule has 0 spiro atoms. The van der Waals surface area contributed by atoms with E-state index in [1.54, 1.807) is 12.1 Å². The highest BCUT2D eigenvalue weighted by Gasteiger charge is 2.17. The Kier molecular flexibility index (Phi) is 3.68. The first-order valence-corrected chi connectivity index (χ1v) is 9.77.